The second-order valence-electron chi connectivity index (χ2n) is 3.80. The molecule has 0 aromatic heterocycles. The van der Waals surface area contributed by atoms with E-state index in [0.717, 1.165) is 4.90 Å². The number of carbonyl (C=O) groups excluding carboxylic acids is 2. The van der Waals surface area contributed by atoms with Gasteiger partial charge in [-0.2, -0.15) is 0 Å². The van der Waals surface area contributed by atoms with Gasteiger partial charge in [0.1, 0.15) is 6.54 Å². The molecule has 8 nitrogen and oxygen atoms in total. The van der Waals surface area contributed by atoms with E-state index in [9.17, 15) is 14.4 Å². The Morgan fingerprint density at radius 3 is 2.47 bits per heavy atom. The molecule has 0 saturated heterocycles. The number of carboxylic acids is 1. The molecule has 1 atom stereocenters. The first-order valence-corrected chi connectivity index (χ1v) is 5.79. The largest absolute Gasteiger partial charge is 0.481 e. The molecular formula is C11H20N2O6. The molecule has 0 saturated carbocycles. The van der Waals surface area contributed by atoms with Crippen LogP contribution in [0, 0.1) is 0 Å². The lowest BCUT2D eigenvalue weighted by Crippen LogP contribution is -2.43. The zero-order chi connectivity index (χ0) is 14.8. The van der Waals surface area contributed by atoms with E-state index in [1.165, 1.54) is 14.2 Å². The number of amides is 2. The summed E-state index contributed by atoms with van der Waals surface area (Å²) < 4.78 is 9.60. The van der Waals surface area contributed by atoms with Crippen LogP contribution in [0.15, 0.2) is 0 Å². The Hall–Kier alpha value is -1.83. The van der Waals surface area contributed by atoms with Crippen molar-refractivity contribution in [2.45, 2.75) is 19.4 Å². The number of carboxylic acid groups (broad SMARTS) is 1. The SMILES string of the molecule is CCOC(=O)CN(C)C(=O)NCC(CC(=O)O)OC. The third kappa shape index (κ3) is 7.98. The summed E-state index contributed by atoms with van der Waals surface area (Å²) >= 11 is 0. The minimum atomic E-state index is -1.01. The van der Waals surface area contributed by atoms with Crippen LogP contribution >= 0.6 is 0 Å². The van der Waals surface area contributed by atoms with Gasteiger partial charge in [-0.05, 0) is 6.92 Å². The maximum Gasteiger partial charge on any atom is 0.325 e. The summed E-state index contributed by atoms with van der Waals surface area (Å²) in [7, 11) is 2.80. The van der Waals surface area contributed by atoms with Gasteiger partial charge in [0, 0.05) is 20.7 Å². The Bertz CT molecular complexity index is 320. The minimum Gasteiger partial charge on any atom is -0.481 e. The van der Waals surface area contributed by atoms with Gasteiger partial charge < -0.3 is 24.8 Å². The zero-order valence-electron chi connectivity index (χ0n) is 11.3. The van der Waals surface area contributed by atoms with E-state index in [1.54, 1.807) is 6.92 Å². The maximum absolute atomic E-state index is 11.6. The fourth-order valence-electron chi connectivity index (χ4n) is 1.24. The van der Waals surface area contributed by atoms with Gasteiger partial charge in [0.15, 0.2) is 0 Å². The molecule has 0 spiro atoms. The van der Waals surface area contributed by atoms with Gasteiger partial charge in [-0.25, -0.2) is 4.79 Å². The molecule has 0 aliphatic rings. The zero-order valence-corrected chi connectivity index (χ0v) is 11.3. The number of carbonyl (C=O) groups is 3. The van der Waals surface area contributed by atoms with E-state index in [4.69, 9.17) is 14.6 Å². The molecule has 0 aliphatic carbocycles. The molecule has 2 N–H and O–H groups in total. The predicted molar refractivity (Wildman–Crippen MR) is 65.7 cm³/mol. The molecule has 2 amide bonds. The summed E-state index contributed by atoms with van der Waals surface area (Å²) in [5.41, 5.74) is 0. The lowest BCUT2D eigenvalue weighted by atomic mass is 10.2. The fourth-order valence-corrected chi connectivity index (χ4v) is 1.24. The van der Waals surface area contributed by atoms with Crippen molar-refractivity contribution in [2.24, 2.45) is 0 Å². The van der Waals surface area contributed by atoms with Crippen LogP contribution in [0.2, 0.25) is 0 Å². The topological polar surface area (TPSA) is 105 Å². The Labute approximate surface area is 111 Å². The van der Waals surface area contributed by atoms with Gasteiger partial charge in [-0.3, -0.25) is 9.59 Å². The molecule has 0 aliphatic heterocycles. The number of nitrogens with zero attached hydrogens (tertiary/aromatic N) is 1. The normalized spacial score (nSPS) is 11.5. The van der Waals surface area contributed by atoms with Crippen LogP contribution in [0.4, 0.5) is 4.79 Å². The second-order valence-corrected chi connectivity index (χ2v) is 3.80. The van der Waals surface area contributed by atoms with E-state index in [2.05, 4.69) is 5.32 Å². The van der Waals surface area contributed by atoms with Gasteiger partial charge in [0.05, 0.1) is 19.1 Å². The second kappa shape index (κ2) is 9.15. The number of hydrogen-bond donors (Lipinski definition) is 2. The van der Waals surface area contributed by atoms with E-state index in [-0.39, 0.29) is 26.1 Å². The Morgan fingerprint density at radius 2 is 2.00 bits per heavy atom. The molecule has 110 valence electrons. The standard InChI is InChI=1S/C11H20N2O6/c1-4-19-10(16)7-13(2)11(17)12-6-8(18-3)5-9(14)15/h8H,4-7H2,1-3H3,(H,12,17)(H,14,15). The van der Waals surface area contributed by atoms with Crippen LogP contribution in [0.1, 0.15) is 13.3 Å². The number of esters is 1. The lowest BCUT2D eigenvalue weighted by molar-refractivity contribution is -0.143. The van der Waals surface area contributed by atoms with Crippen LogP contribution in [-0.4, -0.2) is 67.9 Å². The molecule has 0 aromatic carbocycles. The van der Waals surface area contributed by atoms with Crippen molar-refractivity contribution in [3.63, 3.8) is 0 Å². The summed E-state index contributed by atoms with van der Waals surface area (Å²) in [5, 5.41) is 11.1. The molecule has 1 unspecified atom stereocenters. The average Bonchev–Trinajstić information content (AvgIpc) is 2.33. The molecule has 0 radical (unpaired) electrons. The smallest absolute Gasteiger partial charge is 0.325 e. The molecule has 0 rings (SSSR count). The van der Waals surface area contributed by atoms with Crippen molar-refractivity contribution in [1.29, 1.82) is 0 Å². The highest BCUT2D eigenvalue weighted by molar-refractivity contribution is 5.80. The Balaban J connectivity index is 4.07. The van der Waals surface area contributed by atoms with Gasteiger partial charge in [0.25, 0.3) is 0 Å². The molecule has 8 heteroatoms. The highest BCUT2D eigenvalue weighted by Gasteiger charge is 2.17. The van der Waals surface area contributed by atoms with Crippen molar-refractivity contribution in [2.75, 3.05) is 33.9 Å². The number of nitrogens with one attached hydrogen (secondary N) is 1. The summed E-state index contributed by atoms with van der Waals surface area (Å²) in [6.07, 6.45) is -0.823. The average molecular weight is 276 g/mol. The number of rotatable bonds is 8. The van der Waals surface area contributed by atoms with Crippen LogP contribution in [0.25, 0.3) is 0 Å². The lowest BCUT2D eigenvalue weighted by Gasteiger charge is -2.19. The molecular weight excluding hydrogens is 256 g/mol. The number of ether oxygens (including phenoxy) is 2. The first-order valence-electron chi connectivity index (χ1n) is 5.79. The van der Waals surface area contributed by atoms with Crippen molar-refractivity contribution >= 4 is 18.0 Å². The maximum atomic E-state index is 11.6. The number of likely N-dealkylation sites (N-methyl/N-ethyl adjacent to an activating group) is 1. The Morgan fingerprint density at radius 1 is 1.37 bits per heavy atom. The van der Waals surface area contributed by atoms with E-state index >= 15 is 0 Å². The highest BCUT2D eigenvalue weighted by atomic mass is 16.5. The quantitative estimate of drug-likeness (QED) is 0.589. The third-order valence-corrected chi connectivity index (χ3v) is 2.23. The van der Waals surface area contributed by atoms with Gasteiger partial charge in [0.2, 0.25) is 0 Å². The summed E-state index contributed by atoms with van der Waals surface area (Å²) in [4.78, 5) is 34.4. The van der Waals surface area contributed by atoms with Crippen LogP contribution < -0.4 is 5.32 Å². The number of aliphatic carboxylic acids is 1. The van der Waals surface area contributed by atoms with Crippen LogP contribution in [-0.2, 0) is 19.1 Å². The van der Waals surface area contributed by atoms with E-state index in [0.29, 0.717) is 0 Å². The minimum absolute atomic E-state index is 0.0504. The van der Waals surface area contributed by atoms with Crippen LogP contribution in [0.3, 0.4) is 0 Å². The molecule has 0 aromatic rings. The van der Waals surface area contributed by atoms with Crippen molar-refractivity contribution in [3.05, 3.63) is 0 Å². The highest BCUT2D eigenvalue weighted by Crippen LogP contribution is 1.96. The van der Waals surface area contributed by atoms with Crippen molar-refractivity contribution in [3.8, 4) is 0 Å². The van der Waals surface area contributed by atoms with Crippen molar-refractivity contribution < 1.29 is 29.0 Å². The summed E-state index contributed by atoms with van der Waals surface area (Å²) in [6.45, 7) is 1.80. The molecule has 0 fully saturated rings. The molecule has 0 heterocycles. The summed E-state index contributed by atoms with van der Waals surface area (Å²) in [6, 6.07) is -0.500. The van der Waals surface area contributed by atoms with E-state index < -0.39 is 24.1 Å². The first-order chi connectivity index (χ1) is 8.90. The number of methoxy groups -OCH3 is 1. The predicted octanol–water partition coefficient (Wildman–Crippen LogP) is -0.319. The third-order valence-electron chi connectivity index (χ3n) is 2.23. The summed E-state index contributed by atoms with van der Waals surface area (Å²) in [5.74, 6) is -1.52. The monoisotopic (exact) mass is 276 g/mol. The first kappa shape index (κ1) is 17.2. The molecule has 19 heavy (non-hydrogen) atoms. The molecule has 0 bridgehead atoms. The van der Waals surface area contributed by atoms with Gasteiger partial charge >= 0.3 is 18.0 Å². The van der Waals surface area contributed by atoms with Gasteiger partial charge in [-0.1, -0.05) is 0 Å². The van der Waals surface area contributed by atoms with Crippen LogP contribution in [0.5, 0.6) is 0 Å². The van der Waals surface area contributed by atoms with Gasteiger partial charge in [-0.15, -0.1) is 0 Å². The Kier molecular flexibility index (Phi) is 8.27. The fraction of sp³-hybridized carbons (Fsp3) is 0.727. The van der Waals surface area contributed by atoms with Crippen molar-refractivity contribution in [1.82, 2.24) is 10.2 Å². The number of urea groups is 1. The van der Waals surface area contributed by atoms with E-state index in [1.807, 2.05) is 0 Å². The number of hydrogen-bond acceptors (Lipinski definition) is 5.